The van der Waals surface area contributed by atoms with Gasteiger partial charge in [0.05, 0.1) is 12.1 Å². The first-order chi connectivity index (χ1) is 13.7. The van der Waals surface area contributed by atoms with Crippen molar-refractivity contribution in [2.75, 3.05) is 23.3 Å². The SMILES string of the molecule is O=C(Cc1csc(-c2cccc(Cl)c2)n1)Nc1ccc(N2CCCCC2)cc1. The lowest BCUT2D eigenvalue weighted by molar-refractivity contribution is -0.115. The van der Waals surface area contributed by atoms with Crippen molar-refractivity contribution in [2.24, 2.45) is 0 Å². The first-order valence-corrected chi connectivity index (χ1v) is 10.8. The summed E-state index contributed by atoms with van der Waals surface area (Å²) in [5.41, 5.74) is 3.78. The van der Waals surface area contributed by atoms with Gasteiger partial charge in [-0.15, -0.1) is 11.3 Å². The normalized spacial score (nSPS) is 14.1. The molecule has 0 atom stereocenters. The number of carbonyl (C=O) groups is 1. The van der Waals surface area contributed by atoms with E-state index < -0.39 is 0 Å². The van der Waals surface area contributed by atoms with E-state index in [0.717, 1.165) is 35.0 Å². The van der Waals surface area contributed by atoms with Crippen molar-refractivity contribution in [1.29, 1.82) is 0 Å². The van der Waals surface area contributed by atoms with Crippen LogP contribution >= 0.6 is 22.9 Å². The van der Waals surface area contributed by atoms with E-state index in [-0.39, 0.29) is 12.3 Å². The molecule has 144 valence electrons. The summed E-state index contributed by atoms with van der Waals surface area (Å²) in [6, 6.07) is 15.7. The molecule has 4 rings (SSSR count). The van der Waals surface area contributed by atoms with Crippen LogP contribution < -0.4 is 10.2 Å². The fourth-order valence-corrected chi connectivity index (χ4v) is 4.43. The van der Waals surface area contributed by atoms with E-state index in [1.165, 1.54) is 36.3 Å². The van der Waals surface area contributed by atoms with Gasteiger partial charge in [-0.1, -0.05) is 23.7 Å². The Kier molecular flexibility index (Phi) is 5.93. The number of hydrogen-bond acceptors (Lipinski definition) is 4. The second-order valence-electron chi connectivity index (χ2n) is 6.97. The molecule has 3 aromatic rings. The predicted molar refractivity (Wildman–Crippen MR) is 117 cm³/mol. The largest absolute Gasteiger partial charge is 0.372 e. The predicted octanol–water partition coefficient (Wildman–Crippen LogP) is 5.64. The van der Waals surface area contributed by atoms with Crippen LogP contribution in [-0.4, -0.2) is 24.0 Å². The summed E-state index contributed by atoms with van der Waals surface area (Å²) >= 11 is 7.57. The molecule has 1 fully saturated rings. The summed E-state index contributed by atoms with van der Waals surface area (Å²) in [6.45, 7) is 2.23. The average molecular weight is 412 g/mol. The van der Waals surface area contributed by atoms with Gasteiger partial charge in [0.1, 0.15) is 5.01 Å². The molecule has 0 aliphatic carbocycles. The minimum absolute atomic E-state index is 0.0614. The lowest BCUT2D eigenvalue weighted by Gasteiger charge is -2.28. The fourth-order valence-electron chi connectivity index (χ4n) is 3.42. The second kappa shape index (κ2) is 8.76. The molecule has 2 heterocycles. The van der Waals surface area contributed by atoms with Gasteiger partial charge in [-0.3, -0.25) is 4.79 Å². The van der Waals surface area contributed by atoms with Crippen LogP contribution in [0, 0.1) is 0 Å². The number of benzene rings is 2. The van der Waals surface area contributed by atoms with Crippen LogP contribution in [0.3, 0.4) is 0 Å². The molecular formula is C22H22ClN3OS. The Morgan fingerprint density at radius 3 is 2.64 bits per heavy atom. The maximum absolute atomic E-state index is 12.4. The van der Waals surface area contributed by atoms with Gasteiger partial charge in [0, 0.05) is 40.4 Å². The molecule has 1 aliphatic rings. The van der Waals surface area contributed by atoms with E-state index >= 15 is 0 Å². The third kappa shape index (κ3) is 4.72. The number of nitrogens with one attached hydrogen (secondary N) is 1. The first kappa shape index (κ1) is 19.0. The van der Waals surface area contributed by atoms with Crippen LogP contribution in [0.4, 0.5) is 11.4 Å². The lowest BCUT2D eigenvalue weighted by atomic mass is 10.1. The quantitative estimate of drug-likeness (QED) is 0.591. The van der Waals surface area contributed by atoms with Crippen molar-refractivity contribution in [3.8, 4) is 10.6 Å². The number of halogens is 1. The summed E-state index contributed by atoms with van der Waals surface area (Å²) in [7, 11) is 0. The molecule has 4 nitrogen and oxygen atoms in total. The van der Waals surface area contributed by atoms with Gasteiger partial charge in [0.15, 0.2) is 0 Å². The van der Waals surface area contributed by atoms with E-state index in [4.69, 9.17) is 11.6 Å². The van der Waals surface area contributed by atoms with E-state index in [9.17, 15) is 4.79 Å². The monoisotopic (exact) mass is 411 g/mol. The Morgan fingerprint density at radius 2 is 1.89 bits per heavy atom. The van der Waals surface area contributed by atoms with Gasteiger partial charge in [0.2, 0.25) is 5.91 Å². The number of carbonyl (C=O) groups excluding carboxylic acids is 1. The Morgan fingerprint density at radius 1 is 1.11 bits per heavy atom. The highest BCUT2D eigenvalue weighted by Crippen LogP contribution is 2.26. The van der Waals surface area contributed by atoms with Gasteiger partial charge in [-0.25, -0.2) is 4.98 Å². The minimum atomic E-state index is -0.0614. The molecule has 6 heteroatoms. The van der Waals surface area contributed by atoms with Crippen LogP contribution in [0.5, 0.6) is 0 Å². The van der Waals surface area contributed by atoms with Crippen LogP contribution in [0.1, 0.15) is 25.0 Å². The molecule has 1 amide bonds. The van der Waals surface area contributed by atoms with E-state index in [1.54, 1.807) is 0 Å². The molecule has 1 aliphatic heterocycles. The third-order valence-electron chi connectivity index (χ3n) is 4.84. The maximum Gasteiger partial charge on any atom is 0.230 e. The smallest absolute Gasteiger partial charge is 0.230 e. The number of thiazole rings is 1. The van der Waals surface area contributed by atoms with Crippen molar-refractivity contribution < 1.29 is 4.79 Å². The summed E-state index contributed by atoms with van der Waals surface area (Å²) in [5.74, 6) is -0.0614. The number of amides is 1. The highest BCUT2D eigenvalue weighted by atomic mass is 35.5. The van der Waals surface area contributed by atoms with Crippen LogP contribution in [0.25, 0.3) is 10.6 Å². The minimum Gasteiger partial charge on any atom is -0.372 e. The first-order valence-electron chi connectivity index (χ1n) is 9.52. The van der Waals surface area contributed by atoms with Crippen molar-refractivity contribution in [1.82, 2.24) is 4.98 Å². The highest BCUT2D eigenvalue weighted by molar-refractivity contribution is 7.13. The zero-order valence-corrected chi connectivity index (χ0v) is 17.1. The van der Waals surface area contributed by atoms with Crippen molar-refractivity contribution in [3.05, 3.63) is 64.6 Å². The zero-order chi connectivity index (χ0) is 19.3. The van der Waals surface area contributed by atoms with Gasteiger partial charge in [0.25, 0.3) is 0 Å². The topological polar surface area (TPSA) is 45.2 Å². The Balaban J connectivity index is 1.35. The number of anilines is 2. The molecule has 0 bridgehead atoms. The average Bonchev–Trinajstić information content (AvgIpc) is 3.17. The van der Waals surface area contributed by atoms with Crippen LogP contribution in [0.2, 0.25) is 5.02 Å². The van der Waals surface area contributed by atoms with Gasteiger partial charge < -0.3 is 10.2 Å². The molecule has 1 aromatic heterocycles. The second-order valence-corrected chi connectivity index (χ2v) is 8.27. The van der Waals surface area contributed by atoms with Crippen molar-refractivity contribution in [3.63, 3.8) is 0 Å². The molecule has 0 radical (unpaired) electrons. The van der Waals surface area contributed by atoms with Gasteiger partial charge in [-0.2, -0.15) is 0 Å². The molecule has 28 heavy (non-hydrogen) atoms. The summed E-state index contributed by atoms with van der Waals surface area (Å²) in [4.78, 5) is 19.4. The molecular weight excluding hydrogens is 390 g/mol. The summed E-state index contributed by atoms with van der Waals surface area (Å²) < 4.78 is 0. The van der Waals surface area contributed by atoms with Crippen LogP contribution in [0.15, 0.2) is 53.9 Å². The van der Waals surface area contributed by atoms with Crippen LogP contribution in [-0.2, 0) is 11.2 Å². The van der Waals surface area contributed by atoms with Gasteiger partial charge >= 0.3 is 0 Å². The van der Waals surface area contributed by atoms with E-state index in [1.807, 2.05) is 41.8 Å². The highest BCUT2D eigenvalue weighted by Gasteiger charge is 2.12. The lowest BCUT2D eigenvalue weighted by Crippen LogP contribution is -2.29. The van der Waals surface area contributed by atoms with E-state index in [0.29, 0.717) is 5.02 Å². The number of aromatic nitrogens is 1. The zero-order valence-electron chi connectivity index (χ0n) is 15.5. The maximum atomic E-state index is 12.4. The summed E-state index contributed by atoms with van der Waals surface area (Å²) in [6.07, 6.45) is 4.08. The molecule has 0 unspecified atom stereocenters. The standard InChI is InChI=1S/C22H22ClN3OS/c23-17-6-4-5-16(13-17)22-25-19(15-28-22)14-21(27)24-18-7-9-20(10-8-18)26-11-2-1-3-12-26/h4-10,13,15H,1-3,11-12,14H2,(H,24,27). The number of nitrogens with zero attached hydrogens (tertiary/aromatic N) is 2. The third-order valence-corrected chi connectivity index (χ3v) is 6.01. The molecule has 0 spiro atoms. The molecule has 1 saturated heterocycles. The summed E-state index contributed by atoms with van der Waals surface area (Å²) in [5, 5.41) is 6.44. The Bertz CT molecular complexity index is 948. The molecule has 2 aromatic carbocycles. The van der Waals surface area contributed by atoms with Crippen molar-refractivity contribution in [2.45, 2.75) is 25.7 Å². The Labute approximate surface area is 174 Å². The number of hydrogen-bond donors (Lipinski definition) is 1. The van der Waals surface area contributed by atoms with E-state index in [2.05, 4.69) is 27.3 Å². The Hall–Kier alpha value is -2.37. The number of piperidine rings is 1. The molecule has 1 N–H and O–H groups in total. The fraction of sp³-hybridized carbons (Fsp3) is 0.273. The molecule has 0 saturated carbocycles. The van der Waals surface area contributed by atoms with Gasteiger partial charge in [-0.05, 0) is 55.7 Å². The van der Waals surface area contributed by atoms with Crippen molar-refractivity contribution >= 4 is 40.2 Å². The number of rotatable bonds is 5.